The normalized spacial score (nSPS) is 12.2. The molecule has 2 aromatic heterocycles. The van der Waals surface area contributed by atoms with E-state index in [0.717, 1.165) is 22.6 Å². The van der Waals surface area contributed by atoms with Gasteiger partial charge in [0.1, 0.15) is 5.75 Å². The third kappa shape index (κ3) is 3.68. The smallest absolute Gasteiger partial charge is 0.317 e. The summed E-state index contributed by atoms with van der Waals surface area (Å²) in [7, 11) is 1.78. The average molecular weight is 344 g/mol. The Kier molecular flexibility index (Phi) is 4.71. The van der Waals surface area contributed by atoms with Gasteiger partial charge in [0.15, 0.2) is 4.96 Å². The van der Waals surface area contributed by atoms with Crippen molar-refractivity contribution in [2.24, 2.45) is 0 Å². The molecule has 3 aromatic rings. The van der Waals surface area contributed by atoms with Crippen molar-refractivity contribution in [3.63, 3.8) is 0 Å². The molecule has 6 nitrogen and oxygen atoms in total. The molecule has 0 saturated heterocycles. The lowest BCUT2D eigenvalue weighted by Crippen LogP contribution is -2.43. The quantitative estimate of drug-likeness (QED) is 0.748. The first-order chi connectivity index (χ1) is 11.5. The zero-order chi connectivity index (χ0) is 17.1. The van der Waals surface area contributed by atoms with E-state index in [4.69, 9.17) is 0 Å². The van der Waals surface area contributed by atoms with Crippen molar-refractivity contribution in [3.05, 3.63) is 53.3 Å². The molecule has 0 saturated carbocycles. The summed E-state index contributed by atoms with van der Waals surface area (Å²) in [6, 6.07) is 6.97. The molecule has 3 rings (SSSR count). The predicted octanol–water partition coefficient (Wildman–Crippen LogP) is 2.87. The van der Waals surface area contributed by atoms with Gasteiger partial charge in [0.25, 0.3) is 0 Å². The minimum atomic E-state index is -0.127. The van der Waals surface area contributed by atoms with E-state index in [2.05, 4.69) is 10.3 Å². The van der Waals surface area contributed by atoms with Gasteiger partial charge in [-0.3, -0.25) is 4.40 Å². The van der Waals surface area contributed by atoms with E-state index < -0.39 is 0 Å². The number of carbonyl (C=O) groups excluding carboxylic acids is 1. The number of carbonyl (C=O) groups is 1. The van der Waals surface area contributed by atoms with E-state index in [0.29, 0.717) is 6.54 Å². The third-order valence-electron chi connectivity index (χ3n) is 4.01. The fraction of sp³-hybridized carbons (Fsp3) is 0.294. The predicted molar refractivity (Wildman–Crippen MR) is 94.3 cm³/mol. The molecule has 0 aliphatic rings. The number of hydrogen-bond donors (Lipinski definition) is 2. The van der Waals surface area contributed by atoms with Crippen LogP contribution in [0.3, 0.4) is 0 Å². The van der Waals surface area contributed by atoms with Gasteiger partial charge in [-0.1, -0.05) is 12.1 Å². The van der Waals surface area contributed by atoms with Crippen molar-refractivity contribution in [2.45, 2.75) is 25.9 Å². The number of urea groups is 1. The van der Waals surface area contributed by atoms with Crippen molar-refractivity contribution in [3.8, 4) is 5.75 Å². The summed E-state index contributed by atoms with van der Waals surface area (Å²) in [6.45, 7) is 2.41. The lowest BCUT2D eigenvalue weighted by Gasteiger charge is -2.25. The zero-order valence-corrected chi connectivity index (χ0v) is 14.5. The van der Waals surface area contributed by atoms with E-state index in [1.165, 1.54) is 0 Å². The Morgan fingerprint density at radius 3 is 2.88 bits per heavy atom. The van der Waals surface area contributed by atoms with E-state index in [-0.39, 0.29) is 17.8 Å². The average Bonchev–Trinajstić information content (AvgIpc) is 3.15. The number of aromatic nitrogens is 2. The SMILES string of the molecule is C[C@H](Cc1ccc(O)cc1)N(C)C(=O)NCc1cn2ccsc2n1. The summed E-state index contributed by atoms with van der Waals surface area (Å²) in [5.41, 5.74) is 1.92. The Labute approximate surface area is 144 Å². The Bertz CT molecular complexity index is 796. The second-order valence-electron chi connectivity index (χ2n) is 5.81. The van der Waals surface area contributed by atoms with Crippen molar-refractivity contribution < 1.29 is 9.90 Å². The van der Waals surface area contributed by atoms with Crippen molar-refractivity contribution >= 4 is 22.3 Å². The van der Waals surface area contributed by atoms with Crippen LogP contribution < -0.4 is 5.32 Å². The number of benzene rings is 1. The molecule has 0 spiro atoms. The number of nitrogens with zero attached hydrogens (tertiary/aromatic N) is 3. The maximum absolute atomic E-state index is 12.3. The molecule has 0 radical (unpaired) electrons. The highest BCUT2D eigenvalue weighted by Gasteiger charge is 2.16. The number of rotatable bonds is 5. The molecule has 7 heteroatoms. The van der Waals surface area contributed by atoms with Crippen LogP contribution in [-0.4, -0.2) is 38.5 Å². The Morgan fingerprint density at radius 2 is 2.17 bits per heavy atom. The fourth-order valence-corrected chi connectivity index (χ4v) is 3.18. The number of fused-ring (bicyclic) bond motifs is 1. The molecule has 2 heterocycles. The van der Waals surface area contributed by atoms with Crippen LogP contribution in [-0.2, 0) is 13.0 Å². The van der Waals surface area contributed by atoms with Gasteiger partial charge in [-0.05, 0) is 31.0 Å². The van der Waals surface area contributed by atoms with Gasteiger partial charge in [-0.25, -0.2) is 9.78 Å². The second-order valence-corrected chi connectivity index (χ2v) is 6.69. The molecule has 1 atom stereocenters. The maximum Gasteiger partial charge on any atom is 0.317 e. The number of amides is 2. The van der Waals surface area contributed by atoms with Gasteiger partial charge in [-0.15, -0.1) is 11.3 Å². The van der Waals surface area contributed by atoms with Gasteiger partial charge in [0, 0.05) is 30.9 Å². The van der Waals surface area contributed by atoms with Crippen LogP contribution in [0.1, 0.15) is 18.2 Å². The summed E-state index contributed by atoms with van der Waals surface area (Å²) in [6.07, 6.45) is 4.60. The molecule has 2 amide bonds. The van der Waals surface area contributed by atoms with E-state index in [9.17, 15) is 9.90 Å². The topological polar surface area (TPSA) is 69.9 Å². The highest BCUT2D eigenvalue weighted by molar-refractivity contribution is 7.15. The second kappa shape index (κ2) is 6.92. The summed E-state index contributed by atoms with van der Waals surface area (Å²) < 4.78 is 1.95. The van der Waals surface area contributed by atoms with Crippen LogP contribution in [0, 0.1) is 0 Å². The van der Waals surface area contributed by atoms with Gasteiger partial charge in [0.2, 0.25) is 0 Å². The molecule has 0 unspecified atom stereocenters. The van der Waals surface area contributed by atoms with Gasteiger partial charge < -0.3 is 15.3 Å². The van der Waals surface area contributed by atoms with Gasteiger partial charge in [-0.2, -0.15) is 0 Å². The third-order valence-corrected chi connectivity index (χ3v) is 4.78. The highest BCUT2D eigenvalue weighted by atomic mass is 32.1. The van der Waals surface area contributed by atoms with E-state index in [1.807, 2.05) is 41.2 Å². The first kappa shape index (κ1) is 16.3. The first-order valence-corrected chi connectivity index (χ1v) is 8.60. The van der Waals surface area contributed by atoms with Gasteiger partial charge in [0.05, 0.1) is 12.2 Å². The minimum absolute atomic E-state index is 0.0417. The largest absolute Gasteiger partial charge is 0.508 e. The number of hydrogen-bond acceptors (Lipinski definition) is 4. The molecule has 1 aromatic carbocycles. The number of imidazole rings is 1. The maximum atomic E-state index is 12.3. The molecule has 0 bridgehead atoms. The van der Waals surface area contributed by atoms with E-state index >= 15 is 0 Å². The number of phenolic OH excluding ortho intramolecular Hbond substituents is 1. The molecule has 0 fully saturated rings. The Balaban J connectivity index is 1.53. The first-order valence-electron chi connectivity index (χ1n) is 7.72. The Hall–Kier alpha value is -2.54. The number of likely N-dealkylation sites (N-methyl/N-ethyl adjacent to an activating group) is 1. The monoisotopic (exact) mass is 344 g/mol. The number of phenols is 1. The van der Waals surface area contributed by atoms with Crippen molar-refractivity contribution in [2.75, 3.05) is 7.05 Å². The number of nitrogens with one attached hydrogen (secondary N) is 1. The Morgan fingerprint density at radius 1 is 1.42 bits per heavy atom. The number of aromatic hydroxyl groups is 1. The highest BCUT2D eigenvalue weighted by Crippen LogP contribution is 2.14. The standard InChI is InChI=1S/C17H20N4O2S/c1-12(9-13-3-5-15(22)6-4-13)20(2)16(23)18-10-14-11-21-7-8-24-17(21)19-14/h3-8,11-12,22H,9-10H2,1-2H3,(H,18,23)/t12-/m1/s1. The summed E-state index contributed by atoms with van der Waals surface area (Å²) >= 11 is 1.57. The number of thiazole rings is 1. The van der Waals surface area contributed by atoms with Crippen LogP contribution in [0.25, 0.3) is 4.96 Å². The van der Waals surface area contributed by atoms with Crippen molar-refractivity contribution in [1.82, 2.24) is 19.6 Å². The van der Waals surface area contributed by atoms with Crippen LogP contribution >= 0.6 is 11.3 Å². The summed E-state index contributed by atoms with van der Waals surface area (Å²) in [5.74, 6) is 0.248. The summed E-state index contributed by atoms with van der Waals surface area (Å²) in [5, 5.41) is 14.2. The molecule has 0 aliphatic heterocycles. The zero-order valence-electron chi connectivity index (χ0n) is 13.6. The molecular weight excluding hydrogens is 324 g/mol. The lowest BCUT2D eigenvalue weighted by atomic mass is 10.1. The molecule has 24 heavy (non-hydrogen) atoms. The molecule has 126 valence electrons. The van der Waals surface area contributed by atoms with Crippen molar-refractivity contribution in [1.29, 1.82) is 0 Å². The van der Waals surface area contributed by atoms with Crippen LogP contribution in [0.2, 0.25) is 0 Å². The fourth-order valence-electron chi connectivity index (χ4n) is 2.46. The molecular formula is C17H20N4O2S. The van der Waals surface area contributed by atoms with Crippen LogP contribution in [0.5, 0.6) is 5.75 Å². The minimum Gasteiger partial charge on any atom is -0.508 e. The van der Waals surface area contributed by atoms with Crippen LogP contribution in [0.15, 0.2) is 42.0 Å². The van der Waals surface area contributed by atoms with E-state index in [1.54, 1.807) is 35.4 Å². The van der Waals surface area contributed by atoms with Crippen LogP contribution in [0.4, 0.5) is 4.79 Å². The lowest BCUT2D eigenvalue weighted by molar-refractivity contribution is 0.193. The molecule has 2 N–H and O–H groups in total. The summed E-state index contributed by atoms with van der Waals surface area (Å²) in [4.78, 5) is 19.4. The van der Waals surface area contributed by atoms with Gasteiger partial charge >= 0.3 is 6.03 Å². The molecule has 0 aliphatic carbocycles.